The SMILES string of the molecule is NC(=S)c1cccc(CN2CCC(C(F)(F)F)CC2)c1. The number of thiocarbonyl (C=S) groups is 1. The van der Waals surface area contributed by atoms with Crippen LogP contribution in [-0.2, 0) is 6.54 Å². The van der Waals surface area contributed by atoms with E-state index >= 15 is 0 Å². The van der Waals surface area contributed by atoms with Crippen LogP contribution in [0.5, 0.6) is 0 Å². The lowest BCUT2D eigenvalue weighted by atomic mass is 9.96. The highest BCUT2D eigenvalue weighted by atomic mass is 32.1. The summed E-state index contributed by atoms with van der Waals surface area (Å²) in [5, 5.41) is 0. The Morgan fingerprint density at radius 2 is 1.95 bits per heavy atom. The molecular formula is C14H17F3N2S. The van der Waals surface area contributed by atoms with E-state index < -0.39 is 12.1 Å². The number of halogens is 3. The fourth-order valence-corrected chi connectivity index (χ4v) is 2.63. The van der Waals surface area contributed by atoms with Gasteiger partial charge in [0.15, 0.2) is 0 Å². The minimum Gasteiger partial charge on any atom is -0.389 e. The maximum absolute atomic E-state index is 12.6. The number of piperidine rings is 1. The van der Waals surface area contributed by atoms with E-state index in [0.29, 0.717) is 24.6 Å². The van der Waals surface area contributed by atoms with Crippen LogP contribution in [0.25, 0.3) is 0 Å². The minimum atomic E-state index is -4.06. The van der Waals surface area contributed by atoms with Crippen molar-refractivity contribution in [1.82, 2.24) is 4.90 Å². The summed E-state index contributed by atoms with van der Waals surface area (Å²) < 4.78 is 37.8. The molecule has 0 aliphatic carbocycles. The normalized spacial score (nSPS) is 18.1. The van der Waals surface area contributed by atoms with Crippen LogP contribution >= 0.6 is 12.2 Å². The van der Waals surface area contributed by atoms with Crippen LogP contribution in [-0.4, -0.2) is 29.2 Å². The van der Waals surface area contributed by atoms with Gasteiger partial charge in [-0.1, -0.05) is 30.4 Å². The highest BCUT2D eigenvalue weighted by Gasteiger charge is 2.40. The summed E-state index contributed by atoms with van der Waals surface area (Å²) in [6.45, 7) is 1.59. The Labute approximate surface area is 121 Å². The van der Waals surface area contributed by atoms with Gasteiger partial charge in [-0.15, -0.1) is 0 Å². The van der Waals surface area contributed by atoms with E-state index in [0.717, 1.165) is 11.1 Å². The molecule has 0 atom stereocenters. The molecule has 0 amide bonds. The minimum absolute atomic E-state index is 0.179. The molecular weight excluding hydrogens is 285 g/mol. The van der Waals surface area contributed by atoms with Gasteiger partial charge in [0, 0.05) is 12.1 Å². The molecule has 1 heterocycles. The van der Waals surface area contributed by atoms with Gasteiger partial charge in [0.25, 0.3) is 0 Å². The molecule has 1 fully saturated rings. The van der Waals surface area contributed by atoms with E-state index in [2.05, 4.69) is 0 Å². The van der Waals surface area contributed by atoms with E-state index in [1.807, 2.05) is 29.2 Å². The van der Waals surface area contributed by atoms with E-state index in [4.69, 9.17) is 18.0 Å². The second kappa shape index (κ2) is 6.10. The van der Waals surface area contributed by atoms with Crippen molar-refractivity contribution in [3.63, 3.8) is 0 Å². The molecule has 2 N–H and O–H groups in total. The van der Waals surface area contributed by atoms with Crippen molar-refractivity contribution in [3.8, 4) is 0 Å². The third-order valence-electron chi connectivity index (χ3n) is 3.67. The molecule has 1 aliphatic rings. The molecule has 0 aromatic heterocycles. The Bertz CT molecular complexity index is 480. The number of nitrogens with two attached hydrogens (primary N) is 1. The number of nitrogens with zero attached hydrogens (tertiary/aromatic N) is 1. The Hall–Kier alpha value is -1.14. The van der Waals surface area contributed by atoms with Crippen molar-refractivity contribution in [3.05, 3.63) is 35.4 Å². The van der Waals surface area contributed by atoms with Gasteiger partial charge in [-0.2, -0.15) is 13.2 Å². The van der Waals surface area contributed by atoms with Crippen molar-refractivity contribution in [2.45, 2.75) is 25.6 Å². The van der Waals surface area contributed by atoms with Gasteiger partial charge >= 0.3 is 6.18 Å². The van der Waals surface area contributed by atoms with Crippen LogP contribution in [0.3, 0.4) is 0 Å². The van der Waals surface area contributed by atoms with E-state index in [-0.39, 0.29) is 12.8 Å². The Balaban J connectivity index is 1.93. The number of rotatable bonds is 3. The van der Waals surface area contributed by atoms with Crippen molar-refractivity contribution in [2.75, 3.05) is 13.1 Å². The standard InChI is InChI=1S/C14H17F3N2S/c15-14(16,17)12-4-6-19(7-5-12)9-10-2-1-3-11(8-10)13(18)20/h1-3,8,12H,4-7,9H2,(H2,18,20). The molecule has 0 unspecified atom stereocenters. The molecule has 1 aliphatic heterocycles. The lowest BCUT2D eigenvalue weighted by Gasteiger charge is -2.32. The predicted octanol–water partition coefficient (Wildman–Crippen LogP) is 3.10. The predicted molar refractivity (Wildman–Crippen MR) is 76.4 cm³/mol. The molecule has 1 aromatic rings. The van der Waals surface area contributed by atoms with Crippen LogP contribution < -0.4 is 5.73 Å². The van der Waals surface area contributed by atoms with Crippen LogP contribution in [0, 0.1) is 5.92 Å². The zero-order valence-corrected chi connectivity index (χ0v) is 11.8. The molecule has 0 radical (unpaired) electrons. The average molecular weight is 302 g/mol. The summed E-state index contributed by atoms with van der Waals surface area (Å²) in [4.78, 5) is 2.38. The van der Waals surface area contributed by atoms with Gasteiger partial charge in [0.2, 0.25) is 0 Å². The van der Waals surface area contributed by atoms with Gasteiger partial charge in [-0.05, 0) is 37.6 Å². The van der Waals surface area contributed by atoms with Crippen molar-refractivity contribution < 1.29 is 13.2 Å². The third-order valence-corrected chi connectivity index (χ3v) is 3.90. The maximum atomic E-state index is 12.6. The van der Waals surface area contributed by atoms with Crippen LogP contribution in [0.4, 0.5) is 13.2 Å². The van der Waals surface area contributed by atoms with Crippen LogP contribution in [0.1, 0.15) is 24.0 Å². The molecule has 20 heavy (non-hydrogen) atoms. The molecule has 0 bridgehead atoms. The molecule has 0 spiro atoms. The van der Waals surface area contributed by atoms with Gasteiger partial charge < -0.3 is 5.73 Å². The molecule has 1 saturated heterocycles. The zero-order chi connectivity index (χ0) is 14.8. The monoisotopic (exact) mass is 302 g/mol. The van der Waals surface area contributed by atoms with E-state index in [1.165, 1.54) is 0 Å². The van der Waals surface area contributed by atoms with Crippen molar-refractivity contribution in [2.24, 2.45) is 11.7 Å². The summed E-state index contributed by atoms with van der Waals surface area (Å²) >= 11 is 4.92. The Morgan fingerprint density at radius 3 is 2.50 bits per heavy atom. The van der Waals surface area contributed by atoms with Crippen LogP contribution in [0.15, 0.2) is 24.3 Å². The molecule has 2 nitrogen and oxygen atoms in total. The number of alkyl halides is 3. The molecule has 6 heteroatoms. The second-order valence-electron chi connectivity index (χ2n) is 5.16. The molecule has 2 rings (SSSR count). The summed E-state index contributed by atoms with van der Waals surface area (Å²) in [5.41, 5.74) is 7.40. The lowest BCUT2D eigenvalue weighted by Crippen LogP contribution is -2.38. The topological polar surface area (TPSA) is 29.3 Å². The Morgan fingerprint density at radius 1 is 1.30 bits per heavy atom. The smallest absolute Gasteiger partial charge is 0.389 e. The van der Waals surface area contributed by atoms with Crippen molar-refractivity contribution >= 4 is 17.2 Å². The summed E-state index contributed by atoms with van der Waals surface area (Å²) in [6.07, 6.45) is -3.70. The number of likely N-dealkylation sites (tertiary alicyclic amines) is 1. The first-order valence-electron chi connectivity index (χ1n) is 6.54. The first kappa shape index (κ1) is 15.3. The summed E-state index contributed by atoms with van der Waals surface area (Å²) in [7, 11) is 0. The highest BCUT2D eigenvalue weighted by molar-refractivity contribution is 7.80. The highest BCUT2D eigenvalue weighted by Crippen LogP contribution is 2.34. The number of hydrogen-bond donors (Lipinski definition) is 1. The quantitative estimate of drug-likeness (QED) is 0.870. The average Bonchev–Trinajstić information content (AvgIpc) is 2.38. The van der Waals surface area contributed by atoms with Gasteiger partial charge in [-0.25, -0.2) is 0 Å². The van der Waals surface area contributed by atoms with Crippen molar-refractivity contribution in [1.29, 1.82) is 0 Å². The largest absolute Gasteiger partial charge is 0.391 e. The van der Waals surface area contributed by atoms with E-state index in [1.54, 1.807) is 0 Å². The molecule has 0 saturated carbocycles. The van der Waals surface area contributed by atoms with Gasteiger partial charge in [0.1, 0.15) is 4.99 Å². The maximum Gasteiger partial charge on any atom is 0.391 e. The van der Waals surface area contributed by atoms with Gasteiger partial charge in [0.05, 0.1) is 5.92 Å². The lowest BCUT2D eigenvalue weighted by molar-refractivity contribution is -0.185. The molecule has 1 aromatic carbocycles. The first-order chi connectivity index (χ1) is 9.36. The number of benzene rings is 1. The van der Waals surface area contributed by atoms with E-state index in [9.17, 15) is 13.2 Å². The summed E-state index contributed by atoms with van der Waals surface area (Å²) in [6, 6.07) is 7.55. The van der Waals surface area contributed by atoms with Crippen LogP contribution in [0.2, 0.25) is 0 Å². The first-order valence-corrected chi connectivity index (χ1v) is 6.95. The number of hydrogen-bond acceptors (Lipinski definition) is 2. The fraction of sp³-hybridized carbons (Fsp3) is 0.500. The van der Waals surface area contributed by atoms with Gasteiger partial charge in [-0.3, -0.25) is 4.90 Å². The second-order valence-corrected chi connectivity index (χ2v) is 5.60. The zero-order valence-electron chi connectivity index (χ0n) is 11.0. The fourth-order valence-electron chi connectivity index (χ4n) is 2.50. The third kappa shape index (κ3) is 3.93. The Kier molecular flexibility index (Phi) is 4.65. The molecule has 110 valence electrons. The summed E-state index contributed by atoms with van der Waals surface area (Å²) in [5.74, 6) is -1.15.